The van der Waals surface area contributed by atoms with Crippen LogP contribution < -0.4 is 4.74 Å². The van der Waals surface area contributed by atoms with E-state index in [4.69, 9.17) is 19.7 Å². The molecule has 1 aliphatic heterocycles. The fourth-order valence-corrected chi connectivity index (χ4v) is 9.06. The van der Waals surface area contributed by atoms with Crippen LogP contribution in [0.25, 0.3) is 56.2 Å². The monoisotopic (exact) mass is 717 g/mol. The first-order valence-corrected chi connectivity index (χ1v) is 19.2. The molecule has 8 aromatic rings. The summed E-state index contributed by atoms with van der Waals surface area (Å²) in [5.41, 5.74) is 13.1. The molecule has 4 nitrogen and oxygen atoms in total. The van der Waals surface area contributed by atoms with Crippen LogP contribution in [-0.2, 0) is 5.41 Å². The van der Waals surface area contributed by atoms with E-state index >= 15 is 0 Å². The van der Waals surface area contributed by atoms with Crippen LogP contribution in [0.2, 0.25) is 0 Å². The van der Waals surface area contributed by atoms with Crippen LogP contribution in [0.1, 0.15) is 40.4 Å². The van der Waals surface area contributed by atoms with Crippen LogP contribution in [0, 0.1) is 0 Å². The van der Waals surface area contributed by atoms with E-state index in [0.717, 1.165) is 68.3 Å². The Morgan fingerprint density at radius 1 is 0.446 bits per heavy atom. The van der Waals surface area contributed by atoms with Crippen LogP contribution in [0.5, 0.6) is 11.5 Å². The molecule has 0 radical (unpaired) electrons. The van der Waals surface area contributed by atoms with E-state index in [1.165, 1.54) is 22.3 Å². The highest BCUT2D eigenvalue weighted by Gasteiger charge is 2.51. The number of fused-ring (bicyclic) bond motifs is 9. The molecule has 0 saturated heterocycles. The fourth-order valence-electron chi connectivity index (χ4n) is 9.06. The number of hydrogen-bond donors (Lipinski definition) is 0. The molecule has 11 rings (SSSR count). The van der Waals surface area contributed by atoms with Gasteiger partial charge in [-0.25, -0.2) is 15.0 Å². The van der Waals surface area contributed by atoms with Crippen molar-refractivity contribution >= 4 is 0 Å². The predicted molar refractivity (Wildman–Crippen MR) is 225 cm³/mol. The summed E-state index contributed by atoms with van der Waals surface area (Å²) in [4.78, 5) is 15.1. The van der Waals surface area contributed by atoms with E-state index in [-0.39, 0.29) is 5.92 Å². The van der Waals surface area contributed by atoms with Gasteiger partial charge >= 0.3 is 0 Å². The first-order valence-electron chi connectivity index (χ1n) is 19.2. The molecule has 264 valence electrons. The normalized spacial score (nSPS) is 15.4. The van der Waals surface area contributed by atoms with Crippen molar-refractivity contribution in [3.63, 3.8) is 0 Å². The summed E-state index contributed by atoms with van der Waals surface area (Å²) in [7, 11) is 0. The fraction of sp³-hybridized carbons (Fsp3) is 0.0577. The second-order valence-electron chi connectivity index (χ2n) is 14.6. The van der Waals surface area contributed by atoms with Gasteiger partial charge in [0, 0.05) is 33.7 Å². The van der Waals surface area contributed by atoms with E-state index in [0.29, 0.717) is 11.6 Å². The molecular formula is C52H35N3O. The van der Waals surface area contributed by atoms with Gasteiger partial charge in [-0.1, -0.05) is 182 Å². The van der Waals surface area contributed by atoms with E-state index < -0.39 is 5.41 Å². The molecular weight excluding hydrogens is 683 g/mol. The van der Waals surface area contributed by atoms with E-state index in [2.05, 4.69) is 176 Å². The summed E-state index contributed by atoms with van der Waals surface area (Å²) in [6, 6.07) is 60.3. The number of ether oxygens (including phenoxy) is 1. The Hall–Kier alpha value is -7.17. The van der Waals surface area contributed by atoms with Crippen LogP contribution in [0.4, 0.5) is 0 Å². The molecule has 2 aliphatic carbocycles. The lowest BCUT2D eigenvalue weighted by Gasteiger charge is -2.40. The van der Waals surface area contributed by atoms with Crippen molar-refractivity contribution in [2.75, 3.05) is 0 Å². The van der Waals surface area contributed by atoms with Gasteiger partial charge in [-0.2, -0.15) is 0 Å². The molecule has 0 saturated carbocycles. The van der Waals surface area contributed by atoms with Gasteiger partial charge in [0.1, 0.15) is 17.3 Å². The molecule has 4 heteroatoms. The SMILES string of the molecule is C1=CCC(c2nc(-c3ccccc3)nc(-c3cccc(-c4ccccc4-c4cccc5c4Oc4ccccc4C54c5ccccc5-c5ccccc54)c3)n2)C=C1. The number of allylic oxidation sites excluding steroid dienone is 4. The molecule has 56 heavy (non-hydrogen) atoms. The molecule has 0 bridgehead atoms. The number of para-hydroxylation sites is 2. The van der Waals surface area contributed by atoms with Crippen molar-refractivity contribution in [2.24, 2.45) is 0 Å². The highest BCUT2D eigenvalue weighted by molar-refractivity contribution is 5.93. The average molecular weight is 718 g/mol. The molecule has 1 spiro atoms. The third kappa shape index (κ3) is 4.96. The van der Waals surface area contributed by atoms with E-state index in [1.807, 2.05) is 18.2 Å². The summed E-state index contributed by atoms with van der Waals surface area (Å²) in [6.45, 7) is 0. The van der Waals surface area contributed by atoms with Crippen LogP contribution in [0.15, 0.2) is 194 Å². The van der Waals surface area contributed by atoms with Crippen LogP contribution in [-0.4, -0.2) is 15.0 Å². The average Bonchev–Trinajstić information content (AvgIpc) is 3.57. The van der Waals surface area contributed by atoms with Gasteiger partial charge < -0.3 is 4.74 Å². The van der Waals surface area contributed by atoms with Crippen LogP contribution in [0.3, 0.4) is 0 Å². The zero-order chi connectivity index (χ0) is 37.1. The zero-order valence-electron chi connectivity index (χ0n) is 30.5. The summed E-state index contributed by atoms with van der Waals surface area (Å²) in [5.74, 6) is 3.96. The van der Waals surface area contributed by atoms with Crippen molar-refractivity contribution in [3.8, 4) is 67.7 Å². The quantitative estimate of drug-likeness (QED) is 0.178. The topological polar surface area (TPSA) is 47.9 Å². The molecule has 1 aromatic heterocycles. The first-order chi connectivity index (χ1) is 27.8. The Bertz CT molecular complexity index is 2840. The summed E-state index contributed by atoms with van der Waals surface area (Å²) in [5, 5.41) is 0. The molecule has 0 fully saturated rings. The summed E-state index contributed by atoms with van der Waals surface area (Å²) < 4.78 is 7.05. The second-order valence-corrected chi connectivity index (χ2v) is 14.6. The molecule has 0 N–H and O–H groups in total. The maximum absolute atomic E-state index is 7.05. The predicted octanol–water partition coefficient (Wildman–Crippen LogP) is 12.6. The minimum absolute atomic E-state index is 0.0876. The number of nitrogens with zero attached hydrogens (tertiary/aromatic N) is 3. The number of aromatic nitrogens is 3. The second kappa shape index (κ2) is 13.0. The maximum atomic E-state index is 7.05. The van der Waals surface area contributed by atoms with Gasteiger partial charge in [0.15, 0.2) is 11.6 Å². The Kier molecular flexibility index (Phi) is 7.49. The van der Waals surface area contributed by atoms with Crippen molar-refractivity contribution in [2.45, 2.75) is 17.8 Å². The van der Waals surface area contributed by atoms with Gasteiger partial charge in [0.25, 0.3) is 0 Å². The smallest absolute Gasteiger partial charge is 0.163 e. The lowest BCUT2D eigenvalue weighted by atomic mass is 9.65. The van der Waals surface area contributed by atoms with Crippen LogP contribution >= 0.6 is 0 Å². The lowest BCUT2D eigenvalue weighted by Crippen LogP contribution is -2.32. The van der Waals surface area contributed by atoms with Crippen molar-refractivity contribution in [1.29, 1.82) is 0 Å². The molecule has 1 atom stereocenters. The number of hydrogen-bond acceptors (Lipinski definition) is 4. The molecule has 7 aromatic carbocycles. The van der Waals surface area contributed by atoms with Gasteiger partial charge in [-0.3, -0.25) is 0 Å². The van der Waals surface area contributed by atoms with E-state index in [1.54, 1.807) is 0 Å². The minimum Gasteiger partial charge on any atom is -0.456 e. The zero-order valence-corrected chi connectivity index (χ0v) is 30.5. The standard InChI is InChI=1S/C52H35N3O/c1-3-17-34(18-4-1)49-53-50(35-19-5-2-6-20-35)55-51(54-49)37-22-15-21-36(33-37)38-23-7-8-24-39(38)42-27-16-31-46-48(42)56-47-32-14-13-30-45(47)52(46)43-28-11-9-25-40(43)41-26-10-12-29-44(41)52/h1-19,21-33,35H,20H2. The molecule has 2 heterocycles. The number of rotatable bonds is 5. The number of benzene rings is 7. The first kappa shape index (κ1) is 32.3. The summed E-state index contributed by atoms with van der Waals surface area (Å²) >= 11 is 0. The van der Waals surface area contributed by atoms with Gasteiger partial charge in [-0.15, -0.1) is 0 Å². The maximum Gasteiger partial charge on any atom is 0.163 e. The van der Waals surface area contributed by atoms with Crippen molar-refractivity contribution in [1.82, 2.24) is 15.0 Å². The van der Waals surface area contributed by atoms with Crippen molar-refractivity contribution < 1.29 is 4.74 Å². The molecule has 3 aliphatic rings. The Balaban J connectivity index is 1.08. The Morgan fingerprint density at radius 3 is 1.77 bits per heavy atom. The molecule has 1 unspecified atom stereocenters. The highest BCUT2D eigenvalue weighted by atomic mass is 16.5. The Morgan fingerprint density at radius 2 is 1.02 bits per heavy atom. The third-order valence-electron chi connectivity index (χ3n) is 11.5. The van der Waals surface area contributed by atoms with Crippen molar-refractivity contribution in [3.05, 3.63) is 222 Å². The largest absolute Gasteiger partial charge is 0.456 e. The third-order valence-corrected chi connectivity index (χ3v) is 11.5. The highest BCUT2D eigenvalue weighted by Crippen LogP contribution is 2.63. The summed E-state index contributed by atoms with van der Waals surface area (Å²) in [6.07, 6.45) is 9.36. The minimum atomic E-state index is -0.529. The van der Waals surface area contributed by atoms with Gasteiger partial charge in [-0.05, 0) is 57.5 Å². The van der Waals surface area contributed by atoms with E-state index in [9.17, 15) is 0 Å². The van der Waals surface area contributed by atoms with Gasteiger partial charge in [0.05, 0.1) is 5.41 Å². The lowest BCUT2D eigenvalue weighted by molar-refractivity contribution is 0.438. The molecule has 0 amide bonds. The Labute approximate surface area is 326 Å². The van der Waals surface area contributed by atoms with Gasteiger partial charge in [0.2, 0.25) is 0 Å².